The Balaban J connectivity index is 1.90. The van der Waals surface area contributed by atoms with Crippen LogP contribution in [0.25, 0.3) is 0 Å². The first-order chi connectivity index (χ1) is 12.4. The standard InChI is InChI=1S/C18H24N4O3S/c1-5-13-9-7-6-8-10-14(19-11-13)12-24-17-22-21-15(26-17)20-16(23)25-18(2,3)4/h5,9-11H,1,6-8,12H2,2-4H3,(H,20,21,23)/b13-9?,14-10+,19-11?. The Hall–Kier alpha value is -2.48. The summed E-state index contributed by atoms with van der Waals surface area (Å²) in [6, 6.07) is 0. The fraction of sp³-hybridized carbons (Fsp3) is 0.444. The second-order valence-corrected chi connectivity index (χ2v) is 7.52. The van der Waals surface area contributed by atoms with Crippen LogP contribution >= 0.6 is 11.3 Å². The number of hydrogen-bond acceptors (Lipinski definition) is 7. The van der Waals surface area contributed by atoms with Gasteiger partial charge in [0.05, 0.1) is 5.70 Å². The van der Waals surface area contributed by atoms with E-state index in [0.717, 1.165) is 41.9 Å². The lowest BCUT2D eigenvalue weighted by Crippen LogP contribution is -2.27. The van der Waals surface area contributed by atoms with E-state index in [1.165, 1.54) is 0 Å². The molecule has 1 N–H and O–H groups in total. The van der Waals surface area contributed by atoms with E-state index in [9.17, 15) is 4.79 Å². The molecule has 0 fully saturated rings. The number of aromatic nitrogens is 2. The lowest BCUT2D eigenvalue weighted by Gasteiger charge is -2.18. The summed E-state index contributed by atoms with van der Waals surface area (Å²) in [5, 5.41) is 11.0. The molecule has 0 saturated carbocycles. The van der Waals surface area contributed by atoms with Gasteiger partial charge in [-0.25, -0.2) is 4.79 Å². The van der Waals surface area contributed by atoms with Gasteiger partial charge in [-0.2, -0.15) is 0 Å². The summed E-state index contributed by atoms with van der Waals surface area (Å²) in [5.74, 6) is 0. The molecule has 7 nitrogen and oxygen atoms in total. The molecule has 1 amide bonds. The maximum absolute atomic E-state index is 11.7. The van der Waals surface area contributed by atoms with Gasteiger partial charge in [0, 0.05) is 6.21 Å². The molecule has 1 aliphatic heterocycles. The van der Waals surface area contributed by atoms with Gasteiger partial charge in [-0.15, -0.1) is 5.10 Å². The summed E-state index contributed by atoms with van der Waals surface area (Å²) >= 11 is 1.13. The molecule has 0 radical (unpaired) electrons. The predicted octanol–water partition coefficient (Wildman–Crippen LogP) is 4.51. The number of amides is 1. The Bertz CT molecular complexity index is 729. The van der Waals surface area contributed by atoms with Gasteiger partial charge < -0.3 is 9.47 Å². The molecule has 2 heterocycles. The molecule has 8 heteroatoms. The molecule has 1 aromatic rings. The first-order valence-corrected chi connectivity index (χ1v) is 9.19. The lowest BCUT2D eigenvalue weighted by molar-refractivity contribution is 0.0636. The number of ether oxygens (including phenoxy) is 2. The average Bonchev–Trinajstić information content (AvgIpc) is 3.02. The van der Waals surface area contributed by atoms with Gasteiger partial charge in [0.2, 0.25) is 5.13 Å². The molecule has 0 aromatic carbocycles. The van der Waals surface area contributed by atoms with Gasteiger partial charge in [0.25, 0.3) is 5.19 Å². The third-order valence-corrected chi connectivity index (χ3v) is 3.89. The zero-order valence-electron chi connectivity index (χ0n) is 15.3. The van der Waals surface area contributed by atoms with Crippen molar-refractivity contribution in [2.24, 2.45) is 4.99 Å². The van der Waals surface area contributed by atoms with Crippen molar-refractivity contribution in [1.29, 1.82) is 0 Å². The Morgan fingerprint density at radius 2 is 2.12 bits per heavy atom. The van der Waals surface area contributed by atoms with Gasteiger partial charge >= 0.3 is 6.09 Å². The fourth-order valence-electron chi connectivity index (χ4n) is 2.00. The number of nitrogens with one attached hydrogen (secondary N) is 1. The predicted molar refractivity (Wildman–Crippen MR) is 104 cm³/mol. The van der Waals surface area contributed by atoms with Gasteiger partial charge in [-0.05, 0) is 56.9 Å². The molecule has 1 aliphatic rings. The summed E-state index contributed by atoms with van der Waals surface area (Å²) in [7, 11) is 0. The highest BCUT2D eigenvalue weighted by atomic mass is 32.1. The number of nitrogens with zero attached hydrogens (tertiary/aromatic N) is 3. The molecule has 0 unspecified atom stereocenters. The Kier molecular flexibility index (Phi) is 7.08. The van der Waals surface area contributed by atoms with Crippen molar-refractivity contribution in [3.05, 3.63) is 36.1 Å². The minimum absolute atomic E-state index is 0.280. The molecule has 0 atom stereocenters. The first kappa shape index (κ1) is 19.8. The molecule has 0 aliphatic carbocycles. The minimum Gasteiger partial charge on any atom is -0.462 e. The SMILES string of the molecule is C=CC1=CCCC/C=C(\COc2nnc(NC(=O)OC(C)(C)C)s2)N=C1. The summed E-state index contributed by atoms with van der Waals surface area (Å²) in [6.07, 6.45) is 10.1. The summed E-state index contributed by atoms with van der Waals surface area (Å²) in [6.45, 7) is 9.44. The van der Waals surface area contributed by atoms with Crippen LogP contribution in [0.2, 0.25) is 0 Å². The normalized spacial score (nSPS) is 17.0. The monoisotopic (exact) mass is 376 g/mol. The molecule has 2 rings (SSSR count). The largest absolute Gasteiger partial charge is 0.462 e. The Labute approximate surface area is 157 Å². The summed E-state index contributed by atoms with van der Waals surface area (Å²) in [4.78, 5) is 16.2. The Morgan fingerprint density at radius 1 is 1.35 bits per heavy atom. The number of hydrogen-bond donors (Lipinski definition) is 1. The van der Waals surface area contributed by atoms with Crippen molar-refractivity contribution in [1.82, 2.24) is 10.2 Å². The second-order valence-electron chi connectivity index (χ2n) is 6.58. The number of anilines is 1. The number of carbonyl (C=O) groups excluding carboxylic acids is 1. The molecular weight excluding hydrogens is 352 g/mol. The van der Waals surface area contributed by atoms with E-state index in [2.05, 4.69) is 39.2 Å². The molecule has 1 aromatic heterocycles. The van der Waals surface area contributed by atoms with Crippen LogP contribution in [-0.2, 0) is 4.74 Å². The fourth-order valence-corrected chi connectivity index (χ4v) is 2.58. The third kappa shape index (κ3) is 7.18. The van der Waals surface area contributed by atoms with E-state index in [1.54, 1.807) is 33.1 Å². The highest BCUT2D eigenvalue weighted by Crippen LogP contribution is 2.23. The zero-order valence-corrected chi connectivity index (χ0v) is 16.1. The van der Waals surface area contributed by atoms with Gasteiger partial charge in [-0.3, -0.25) is 10.3 Å². The van der Waals surface area contributed by atoms with Crippen molar-refractivity contribution in [2.75, 3.05) is 11.9 Å². The van der Waals surface area contributed by atoms with Crippen molar-refractivity contribution in [3.63, 3.8) is 0 Å². The van der Waals surface area contributed by atoms with Gasteiger partial charge in [0.1, 0.15) is 12.2 Å². The van der Waals surface area contributed by atoms with Crippen LogP contribution in [0.15, 0.2) is 41.1 Å². The minimum atomic E-state index is -0.576. The third-order valence-electron chi connectivity index (χ3n) is 3.14. The van der Waals surface area contributed by atoms with Crippen LogP contribution in [0.5, 0.6) is 5.19 Å². The van der Waals surface area contributed by atoms with Crippen molar-refractivity contribution < 1.29 is 14.3 Å². The van der Waals surface area contributed by atoms with E-state index in [-0.39, 0.29) is 6.61 Å². The van der Waals surface area contributed by atoms with E-state index in [4.69, 9.17) is 9.47 Å². The Morgan fingerprint density at radius 3 is 2.85 bits per heavy atom. The van der Waals surface area contributed by atoms with Gasteiger partial charge in [-0.1, -0.05) is 29.9 Å². The number of carbonyl (C=O) groups is 1. The molecule has 0 saturated heterocycles. The summed E-state index contributed by atoms with van der Waals surface area (Å²) in [5.41, 5.74) is 1.24. The number of allylic oxidation sites excluding steroid dienone is 4. The second kappa shape index (κ2) is 9.28. The number of aliphatic imine (C=N–C) groups is 1. The van der Waals surface area contributed by atoms with Gasteiger partial charge in [0.15, 0.2) is 0 Å². The molecule has 0 spiro atoms. The maximum atomic E-state index is 11.7. The highest BCUT2D eigenvalue weighted by molar-refractivity contribution is 7.17. The summed E-state index contributed by atoms with van der Waals surface area (Å²) < 4.78 is 10.8. The molecular formula is C18H24N4O3S. The van der Waals surface area contributed by atoms with Crippen LogP contribution in [0, 0.1) is 0 Å². The zero-order chi connectivity index (χ0) is 19.0. The molecule has 26 heavy (non-hydrogen) atoms. The van der Waals surface area contributed by atoms with Crippen LogP contribution in [-0.4, -0.2) is 34.7 Å². The van der Waals surface area contributed by atoms with Crippen molar-refractivity contribution >= 4 is 28.8 Å². The van der Waals surface area contributed by atoms with E-state index >= 15 is 0 Å². The number of rotatable bonds is 5. The highest BCUT2D eigenvalue weighted by Gasteiger charge is 2.18. The van der Waals surface area contributed by atoms with Crippen molar-refractivity contribution in [2.45, 2.75) is 45.6 Å². The quantitative estimate of drug-likeness (QED) is 0.817. The molecule has 140 valence electrons. The van der Waals surface area contributed by atoms with E-state index in [1.807, 2.05) is 0 Å². The van der Waals surface area contributed by atoms with Crippen LogP contribution in [0.1, 0.15) is 40.0 Å². The van der Waals surface area contributed by atoms with Crippen LogP contribution in [0.4, 0.5) is 9.93 Å². The van der Waals surface area contributed by atoms with E-state index < -0.39 is 11.7 Å². The maximum Gasteiger partial charge on any atom is 0.414 e. The van der Waals surface area contributed by atoms with Crippen LogP contribution in [0.3, 0.4) is 0 Å². The van der Waals surface area contributed by atoms with E-state index in [0.29, 0.717) is 10.3 Å². The average molecular weight is 376 g/mol. The molecule has 0 bridgehead atoms. The topological polar surface area (TPSA) is 85.7 Å². The first-order valence-electron chi connectivity index (χ1n) is 8.38. The van der Waals surface area contributed by atoms with Crippen LogP contribution < -0.4 is 10.1 Å². The lowest BCUT2D eigenvalue weighted by atomic mass is 10.2. The van der Waals surface area contributed by atoms with Crippen molar-refractivity contribution in [3.8, 4) is 5.19 Å². The smallest absolute Gasteiger partial charge is 0.414 e.